The Morgan fingerprint density at radius 1 is 1.28 bits per heavy atom. The zero-order valence-corrected chi connectivity index (χ0v) is 16.9. The van der Waals surface area contributed by atoms with Gasteiger partial charge in [0.15, 0.2) is 11.5 Å². The van der Waals surface area contributed by atoms with Crippen molar-refractivity contribution in [3.63, 3.8) is 0 Å². The van der Waals surface area contributed by atoms with Crippen LogP contribution >= 0.6 is 0 Å². The smallest absolute Gasteiger partial charge is 0.249 e. The van der Waals surface area contributed by atoms with Gasteiger partial charge >= 0.3 is 0 Å². The van der Waals surface area contributed by atoms with E-state index in [0.717, 1.165) is 49.2 Å². The maximum absolute atomic E-state index is 12.2. The van der Waals surface area contributed by atoms with Crippen molar-refractivity contribution in [1.82, 2.24) is 19.8 Å². The summed E-state index contributed by atoms with van der Waals surface area (Å²) in [4.78, 5) is 22.8. The third-order valence-corrected chi connectivity index (χ3v) is 5.41. The highest BCUT2D eigenvalue weighted by molar-refractivity contribution is 6.07. The number of carbonyl (C=O) groups is 1. The summed E-state index contributed by atoms with van der Waals surface area (Å²) in [5, 5.41) is 2.87. The first kappa shape index (κ1) is 19.3. The second kappa shape index (κ2) is 8.55. The van der Waals surface area contributed by atoms with Crippen LogP contribution in [0.5, 0.6) is 11.5 Å². The molecule has 8 heteroatoms. The molecule has 1 fully saturated rings. The van der Waals surface area contributed by atoms with Gasteiger partial charge in [0.05, 0.1) is 32.3 Å². The van der Waals surface area contributed by atoms with E-state index in [1.54, 1.807) is 13.3 Å². The lowest BCUT2D eigenvalue weighted by Crippen LogP contribution is -2.36. The van der Waals surface area contributed by atoms with E-state index < -0.39 is 0 Å². The number of hydrogen-bond acceptors (Lipinski definition) is 6. The molecule has 4 rings (SSSR count). The SMILES string of the molecule is CCC1C(=O)NC2=Nc3ccc(OCCCCCn4ccnc4)c(OC)c3CN21. The molecule has 0 aliphatic carbocycles. The highest BCUT2D eigenvalue weighted by Gasteiger charge is 2.39. The maximum atomic E-state index is 12.2. The minimum absolute atomic E-state index is 0.00480. The number of imidazole rings is 1. The molecule has 1 amide bonds. The van der Waals surface area contributed by atoms with E-state index in [1.807, 2.05) is 36.5 Å². The monoisotopic (exact) mass is 397 g/mol. The van der Waals surface area contributed by atoms with Gasteiger partial charge in [-0.3, -0.25) is 10.1 Å². The van der Waals surface area contributed by atoms with E-state index in [2.05, 4.69) is 19.9 Å². The van der Waals surface area contributed by atoms with E-state index in [9.17, 15) is 4.79 Å². The van der Waals surface area contributed by atoms with Crippen molar-refractivity contribution in [3.8, 4) is 11.5 Å². The number of aliphatic imine (C=N–C) groups is 1. The number of aryl methyl sites for hydroxylation is 1. The number of benzene rings is 1. The molecule has 154 valence electrons. The fraction of sp³-hybridized carbons (Fsp3) is 0.476. The number of rotatable bonds is 9. The standard InChI is InChI=1S/C21H27N5O3/c1-3-17-20(27)24-21-23-16-7-8-18(19(28-2)15(16)13-26(17)21)29-12-6-4-5-10-25-11-9-22-14-25/h7-9,11,14,17H,3-6,10,12-13H2,1-2H3,(H,23,24,27). The summed E-state index contributed by atoms with van der Waals surface area (Å²) in [7, 11) is 1.65. The van der Waals surface area contributed by atoms with Gasteiger partial charge < -0.3 is 18.9 Å². The highest BCUT2D eigenvalue weighted by Crippen LogP contribution is 2.41. The van der Waals surface area contributed by atoms with Gasteiger partial charge in [0.2, 0.25) is 11.9 Å². The van der Waals surface area contributed by atoms with Gasteiger partial charge in [-0.1, -0.05) is 6.92 Å². The number of unbranched alkanes of at least 4 members (excludes halogenated alkanes) is 2. The number of ether oxygens (including phenoxy) is 2. The van der Waals surface area contributed by atoms with Crippen LogP contribution in [0.1, 0.15) is 38.2 Å². The Kier molecular flexibility index (Phi) is 5.69. The zero-order valence-electron chi connectivity index (χ0n) is 16.9. The number of carbonyl (C=O) groups excluding carboxylic acids is 1. The predicted molar refractivity (Wildman–Crippen MR) is 109 cm³/mol. The first-order valence-electron chi connectivity index (χ1n) is 10.2. The molecule has 1 aromatic heterocycles. The molecule has 1 saturated heterocycles. The molecule has 29 heavy (non-hydrogen) atoms. The maximum Gasteiger partial charge on any atom is 0.249 e. The van der Waals surface area contributed by atoms with Crippen LogP contribution in [0.2, 0.25) is 0 Å². The number of aromatic nitrogens is 2. The number of amides is 1. The van der Waals surface area contributed by atoms with Crippen LogP contribution < -0.4 is 14.8 Å². The average Bonchev–Trinajstić information content (AvgIpc) is 3.35. The zero-order chi connectivity index (χ0) is 20.2. The van der Waals surface area contributed by atoms with Gasteiger partial charge in [-0.25, -0.2) is 9.98 Å². The van der Waals surface area contributed by atoms with Gasteiger partial charge in [-0.05, 0) is 37.8 Å². The lowest BCUT2D eigenvalue weighted by Gasteiger charge is -2.28. The molecule has 1 atom stereocenters. The summed E-state index contributed by atoms with van der Waals surface area (Å²) in [5.41, 5.74) is 1.78. The Morgan fingerprint density at radius 2 is 2.17 bits per heavy atom. The number of hydrogen-bond donors (Lipinski definition) is 1. The van der Waals surface area contributed by atoms with Crippen LogP contribution in [0, 0.1) is 0 Å². The highest BCUT2D eigenvalue weighted by atomic mass is 16.5. The molecule has 3 heterocycles. The quantitative estimate of drug-likeness (QED) is 0.658. The molecule has 2 aliphatic rings. The van der Waals surface area contributed by atoms with E-state index in [1.165, 1.54) is 0 Å². The van der Waals surface area contributed by atoms with Crippen molar-refractivity contribution in [1.29, 1.82) is 0 Å². The molecule has 1 N–H and O–H groups in total. The van der Waals surface area contributed by atoms with Crippen LogP contribution in [-0.2, 0) is 17.9 Å². The normalized spacial score (nSPS) is 17.4. The number of nitrogens with zero attached hydrogens (tertiary/aromatic N) is 4. The third-order valence-electron chi connectivity index (χ3n) is 5.41. The molecular weight excluding hydrogens is 370 g/mol. The molecule has 0 bridgehead atoms. The molecule has 8 nitrogen and oxygen atoms in total. The van der Waals surface area contributed by atoms with Crippen LogP contribution in [0.4, 0.5) is 5.69 Å². The van der Waals surface area contributed by atoms with E-state index in [4.69, 9.17) is 9.47 Å². The van der Waals surface area contributed by atoms with Crippen molar-refractivity contribution in [2.24, 2.45) is 4.99 Å². The Hall–Kier alpha value is -3.03. The van der Waals surface area contributed by atoms with Crippen LogP contribution in [0.3, 0.4) is 0 Å². The minimum atomic E-state index is -0.188. The van der Waals surface area contributed by atoms with Gasteiger partial charge in [0.25, 0.3) is 0 Å². The van der Waals surface area contributed by atoms with Crippen molar-refractivity contribution in [2.45, 2.75) is 51.7 Å². The lowest BCUT2D eigenvalue weighted by molar-refractivity contribution is -0.121. The largest absolute Gasteiger partial charge is 0.492 e. The Labute approximate surface area is 170 Å². The predicted octanol–water partition coefficient (Wildman–Crippen LogP) is 2.85. The minimum Gasteiger partial charge on any atom is -0.492 e. The van der Waals surface area contributed by atoms with Gasteiger partial charge in [0, 0.05) is 24.5 Å². The summed E-state index contributed by atoms with van der Waals surface area (Å²) in [6, 6.07) is 3.64. The molecule has 1 unspecified atom stereocenters. The molecule has 0 radical (unpaired) electrons. The summed E-state index contributed by atoms with van der Waals surface area (Å²) in [6.07, 6.45) is 9.50. The Morgan fingerprint density at radius 3 is 2.93 bits per heavy atom. The van der Waals surface area contributed by atoms with E-state index in [0.29, 0.717) is 24.9 Å². The van der Waals surface area contributed by atoms with Crippen LogP contribution in [0.25, 0.3) is 0 Å². The first-order chi connectivity index (χ1) is 14.2. The summed E-state index contributed by atoms with van der Waals surface area (Å²) < 4.78 is 13.8. The van der Waals surface area contributed by atoms with Crippen LogP contribution in [0.15, 0.2) is 35.8 Å². The topological polar surface area (TPSA) is 81.0 Å². The first-order valence-corrected chi connectivity index (χ1v) is 10.2. The second-order valence-corrected chi connectivity index (χ2v) is 7.28. The van der Waals surface area contributed by atoms with Crippen molar-refractivity contribution in [3.05, 3.63) is 36.4 Å². The fourth-order valence-corrected chi connectivity index (χ4v) is 3.89. The fourth-order valence-electron chi connectivity index (χ4n) is 3.89. The number of fused-ring (bicyclic) bond motifs is 2. The second-order valence-electron chi connectivity index (χ2n) is 7.28. The van der Waals surface area contributed by atoms with Gasteiger partial charge in [-0.2, -0.15) is 0 Å². The average molecular weight is 397 g/mol. The molecular formula is C21H27N5O3. The summed E-state index contributed by atoms with van der Waals surface area (Å²) in [6.45, 7) is 4.20. The molecule has 0 saturated carbocycles. The molecule has 2 aromatic rings. The third kappa shape index (κ3) is 3.92. The Bertz CT molecular complexity index is 894. The van der Waals surface area contributed by atoms with Gasteiger partial charge in [0.1, 0.15) is 6.04 Å². The summed E-state index contributed by atoms with van der Waals surface area (Å²) >= 11 is 0. The molecule has 2 aliphatic heterocycles. The number of nitrogens with one attached hydrogen (secondary N) is 1. The van der Waals surface area contributed by atoms with Gasteiger partial charge in [-0.15, -0.1) is 0 Å². The molecule has 0 spiro atoms. The van der Waals surface area contributed by atoms with Crippen molar-refractivity contribution >= 4 is 17.6 Å². The van der Waals surface area contributed by atoms with Crippen molar-refractivity contribution in [2.75, 3.05) is 13.7 Å². The van der Waals surface area contributed by atoms with E-state index >= 15 is 0 Å². The molecule has 1 aromatic carbocycles. The Balaban J connectivity index is 1.38. The van der Waals surface area contributed by atoms with Crippen LogP contribution in [-0.4, -0.2) is 46.1 Å². The number of guanidine groups is 1. The van der Waals surface area contributed by atoms with E-state index in [-0.39, 0.29) is 11.9 Å². The lowest BCUT2D eigenvalue weighted by atomic mass is 10.1. The summed E-state index contributed by atoms with van der Waals surface area (Å²) in [5.74, 6) is 2.07. The van der Waals surface area contributed by atoms with Crippen molar-refractivity contribution < 1.29 is 14.3 Å². The number of methoxy groups -OCH3 is 1.